The molecule has 2 aromatic rings. The molecule has 6 nitrogen and oxygen atoms in total. The van der Waals surface area contributed by atoms with Gasteiger partial charge in [-0.05, 0) is 13.0 Å². The van der Waals surface area contributed by atoms with Crippen LogP contribution in [0.2, 0.25) is 0 Å². The highest BCUT2D eigenvalue weighted by molar-refractivity contribution is 7.80. The van der Waals surface area contributed by atoms with Gasteiger partial charge in [-0.25, -0.2) is 15.0 Å². The fourth-order valence-corrected chi connectivity index (χ4v) is 1.80. The lowest BCUT2D eigenvalue weighted by Gasteiger charge is -2.07. The van der Waals surface area contributed by atoms with Gasteiger partial charge < -0.3 is 15.6 Å². The lowest BCUT2D eigenvalue weighted by atomic mass is 10.3. The van der Waals surface area contributed by atoms with Gasteiger partial charge in [-0.15, -0.1) is 0 Å². The molecule has 0 saturated carbocycles. The molecule has 0 atom stereocenters. The third-order valence-electron chi connectivity index (χ3n) is 2.66. The SMILES string of the molecule is Cc1cc(C(N)=S)nc(NCCc2nccn2C)n1. The predicted molar refractivity (Wildman–Crippen MR) is 78.1 cm³/mol. The summed E-state index contributed by atoms with van der Waals surface area (Å²) in [5.74, 6) is 1.55. The van der Waals surface area contributed by atoms with E-state index in [4.69, 9.17) is 18.0 Å². The average molecular weight is 276 g/mol. The first-order valence-corrected chi connectivity index (χ1v) is 6.32. The van der Waals surface area contributed by atoms with Crippen LogP contribution in [0.1, 0.15) is 17.2 Å². The van der Waals surface area contributed by atoms with Gasteiger partial charge in [0.25, 0.3) is 0 Å². The minimum Gasteiger partial charge on any atom is -0.388 e. The Balaban J connectivity index is 2.00. The van der Waals surface area contributed by atoms with Crippen LogP contribution in [0.3, 0.4) is 0 Å². The van der Waals surface area contributed by atoms with Crippen LogP contribution in [0.4, 0.5) is 5.95 Å². The summed E-state index contributed by atoms with van der Waals surface area (Å²) < 4.78 is 1.99. The molecule has 0 aliphatic carbocycles. The summed E-state index contributed by atoms with van der Waals surface area (Å²) in [5, 5.41) is 3.16. The average Bonchev–Trinajstić information content (AvgIpc) is 2.74. The molecule has 0 unspecified atom stereocenters. The van der Waals surface area contributed by atoms with Crippen molar-refractivity contribution in [3.05, 3.63) is 35.7 Å². The summed E-state index contributed by atoms with van der Waals surface area (Å²) in [4.78, 5) is 13.1. The van der Waals surface area contributed by atoms with Crippen LogP contribution in [0.25, 0.3) is 0 Å². The van der Waals surface area contributed by atoms with Gasteiger partial charge in [0.05, 0.1) is 0 Å². The van der Waals surface area contributed by atoms with Gasteiger partial charge in [0.15, 0.2) is 0 Å². The first kappa shape index (κ1) is 13.4. The van der Waals surface area contributed by atoms with Crippen molar-refractivity contribution in [3.8, 4) is 0 Å². The number of nitrogens with one attached hydrogen (secondary N) is 1. The number of hydrogen-bond donors (Lipinski definition) is 2. The highest BCUT2D eigenvalue weighted by atomic mass is 32.1. The van der Waals surface area contributed by atoms with E-state index in [2.05, 4.69) is 20.3 Å². The maximum atomic E-state index is 5.58. The van der Waals surface area contributed by atoms with Crippen molar-refractivity contribution in [2.75, 3.05) is 11.9 Å². The van der Waals surface area contributed by atoms with Gasteiger partial charge in [0, 0.05) is 38.1 Å². The quantitative estimate of drug-likeness (QED) is 0.786. The summed E-state index contributed by atoms with van der Waals surface area (Å²) >= 11 is 4.92. The van der Waals surface area contributed by atoms with Crippen LogP contribution in [0, 0.1) is 6.92 Å². The second kappa shape index (κ2) is 5.75. The molecular weight excluding hydrogens is 260 g/mol. The van der Waals surface area contributed by atoms with Crippen LogP contribution >= 0.6 is 12.2 Å². The van der Waals surface area contributed by atoms with Crippen molar-refractivity contribution in [2.24, 2.45) is 12.8 Å². The smallest absolute Gasteiger partial charge is 0.223 e. The van der Waals surface area contributed by atoms with E-state index in [1.54, 1.807) is 12.3 Å². The highest BCUT2D eigenvalue weighted by Gasteiger charge is 2.05. The second-order valence-corrected chi connectivity index (χ2v) is 4.65. The Morgan fingerprint density at radius 1 is 1.47 bits per heavy atom. The molecule has 0 aromatic carbocycles. The fourth-order valence-electron chi connectivity index (χ4n) is 1.70. The van der Waals surface area contributed by atoms with Crippen molar-refractivity contribution in [1.82, 2.24) is 19.5 Å². The topological polar surface area (TPSA) is 81.6 Å². The van der Waals surface area contributed by atoms with Crippen LogP contribution < -0.4 is 11.1 Å². The molecule has 2 heterocycles. The van der Waals surface area contributed by atoms with Crippen molar-refractivity contribution < 1.29 is 0 Å². The molecule has 0 bridgehead atoms. The Kier molecular flexibility index (Phi) is 4.06. The summed E-state index contributed by atoms with van der Waals surface area (Å²) in [5.41, 5.74) is 6.99. The van der Waals surface area contributed by atoms with Crippen LogP contribution in [-0.4, -0.2) is 31.1 Å². The molecule has 0 amide bonds. The van der Waals surface area contributed by atoms with Crippen LogP contribution in [0.15, 0.2) is 18.5 Å². The standard InChI is InChI=1S/C12H16N6S/c1-8-7-9(11(13)19)17-12(16-8)15-4-3-10-14-5-6-18(10)2/h5-7H,3-4H2,1-2H3,(H2,13,19)(H,15,16,17). The Morgan fingerprint density at radius 3 is 2.89 bits per heavy atom. The van der Waals surface area contributed by atoms with Crippen molar-refractivity contribution in [3.63, 3.8) is 0 Å². The first-order chi connectivity index (χ1) is 9.06. The number of imidazole rings is 1. The molecule has 19 heavy (non-hydrogen) atoms. The van der Waals surface area contributed by atoms with E-state index in [1.807, 2.05) is 24.7 Å². The lowest BCUT2D eigenvalue weighted by Crippen LogP contribution is -2.16. The molecule has 7 heteroatoms. The van der Waals surface area contributed by atoms with Crippen LogP contribution in [-0.2, 0) is 13.5 Å². The number of aryl methyl sites for hydroxylation is 2. The molecule has 0 aliphatic rings. The van der Waals surface area contributed by atoms with E-state index < -0.39 is 0 Å². The lowest BCUT2D eigenvalue weighted by molar-refractivity contribution is 0.786. The number of thiocarbonyl (C=S) groups is 1. The second-order valence-electron chi connectivity index (χ2n) is 4.21. The molecule has 3 N–H and O–H groups in total. The van der Waals surface area contributed by atoms with Gasteiger partial charge in [-0.1, -0.05) is 12.2 Å². The number of anilines is 1. The Bertz CT molecular complexity index is 592. The summed E-state index contributed by atoms with van der Waals surface area (Å²) in [7, 11) is 1.97. The summed E-state index contributed by atoms with van der Waals surface area (Å²) in [6.45, 7) is 2.58. The molecule has 0 radical (unpaired) electrons. The minimum absolute atomic E-state index is 0.276. The monoisotopic (exact) mass is 276 g/mol. The molecule has 2 rings (SSSR count). The molecule has 0 fully saturated rings. The van der Waals surface area contributed by atoms with Gasteiger partial charge in [0.2, 0.25) is 5.95 Å². The molecular formula is C12H16N6S. The van der Waals surface area contributed by atoms with Gasteiger partial charge >= 0.3 is 0 Å². The number of nitrogens with two attached hydrogens (primary N) is 1. The molecule has 0 saturated heterocycles. The van der Waals surface area contributed by atoms with Crippen molar-refractivity contribution in [2.45, 2.75) is 13.3 Å². The normalized spacial score (nSPS) is 10.4. The molecule has 0 spiro atoms. The Labute approximate surface area is 117 Å². The minimum atomic E-state index is 0.276. The summed E-state index contributed by atoms with van der Waals surface area (Å²) in [6.07, 6.45) is 4.50. The van der Waals surface area contributed by atoms with E-state index in [1.165, 1.54) is 0 Å². The van der Waals surface area contributed by atoms with Crippen molar-refractivity contribution >= 4 is 23.2 Å². The molecule has 2 aromatic heterocycles. The highest BCUT2D eigenvalue weighted by Crippen LogP contribution is 2.05. The third kappa shape index (κ3) is 3.47. The Hall–Kier alpha value is -2.02. The van der Waals surface area contributed by atoms with Gasteiger partial charge in [-0.3, -0.25) is 0 Å². The number of aromatic nitrogens is 4. The zero-order valence-corrected chi connectivity index (χ0v) is 11.7. The van der Waals surface area contributed by atoms with E-state index in [-0.39, 0.29) is 4.99 Å². The maximum Gasteiger partial charge on any atom is 0.223 e. The van der Waals surface area contributed by atoms with Gasteiger partial charge in [0.1, 0.15) is 16.5 Å². The first-order valence-electron chi connectivity index (χ1n) is 5.92. The number of nitrogens with zero attached hydrogens (tertiary/aromatic N) is 4. The summed E-state index contributed by atoms with van der Waals surface area (Å²) in [6, 6.07) is 1.77. The zero-order chi connectivity index (χ0) is 13.8. The number of hydrogen-bond acceptors (Lipinski definition) is 5. The van der Waals surface area contributed by atoms with Crippen LogP contribution in [0.5, 0.6) is 0 Å². The molecule has 100 valence electrons. The predicted octanol–water partition coefficient (Wildman–Crippen LogP) is 0.807. The van der Waals surface area contributed by atoms with Gasteiger partial charge in [-0.2, -0.15) is 0 Å². The molecule has 0 aliphatic heterocycles. The maximum absolute atomic E-state index is 5.58. The largest absolute Gasteiger partial charge is 0.388 e. The number of rotatable bonds is 5. The fraction of sp³-hybridized carbons (Fsp3) is 0.333. The van der Waals surface area contributed by atoms with E-state index in [0.29, 0.717) is 18.2 Å². The van der Waals surface area contributed by atoms with E-state index in [9.17, 15) is 0 Å². The van der Waals surface area contributed by atoms with Crippen molar-refractivity contribution in [1.29, 1.82) is 0 Å². The zero-order valence-electron chi connectivity index (χ0n) is 10.9. The van der Waals surface area contributed by atoms with E-state index >= 15 is 0 Å². The Morgan fingerprint density at radius 2 is 2.26 bits per heavy atom. The third-order valence-corrected chi connectivity index (χ3v) is 2.87. The van der Waals surface area contributed by atoms with E-state index in [0.717, 1.165) is 17.9 Å².